The molecule has 0 aliphatic heterocycles. The van der Waals surface area contributed by atoms with Crippen molar-refractivity contribution in [3.63, 3.8) is 0 Å². The summed E-state index contributed by atoms with van der Waals surface area (Å²) in [4.78, 5) is 17.9. The van der Waals surface area contributed by atoms with Gasteiger partial charge in [-0.3, -0.25) is 4.52 Å². The Hall–Kier alpha value is -1.43. The molecule has 2 aromatic rings. The van der Waals surface area contributed by atoms with Crippen LogP contribution in [0.4, 0.5) is 0 Å². The maximum absolute atomic E-state index is 11.0. The average molecular weight is 436 g/mol. The number of rotatable bonds is 6. The first-order valence-corrected chi connectivity index (χ1v) is 12.1. The zero-order valence-electron chi connectivity index (χ0n) is 18.3. The van der Waals surface area contributed by atoms with Gasteiger partial charge in [-0.2, -0.15) is 0 Å². The third-order valence-electron chi connectivity index (χ3n) is 6.21. The highest BCUT2D eigenvalue weighted by Crippen LogP contribution is 2.40. The summed E-state index contributed by atoms with van der Waals surface area (Å²) in [5.41, 5.74) is 6.33. The lowest BCUT2D eigenvalue weighted by atomic mass is 9.72. The Balaban J connectivity index is 1.68. The van der Waals surface area contributed by atoms with Crippen LogP contribution in [0, 0.1) is 11.3 Å². The number of phosphoric ester groups is 1. The molecule has 6 nitrogen and oxygen atoms in total. The number of hydrogen-bond donors (Lipinski definition) is 3. The summed E-state index contributed by atoms with van der Waals surface area (Å²) in [6, 6.07) is 11.8. The van der Waals surface area contributed by atoms with Crippen molar-refractivity contribution in [3.05, 3.63) is 42.0 Å². The van der Waals surface area contributed by atoms with Crippen molar-refractivity contribution in [2.24, 2.45) is 17.1 Å². The van der Waals surface area contributed by atoms with Crippen molar-refractivity contribution < 1.29 is 23.6 Å². The zero-order valence-corrected chi connectivity index (χ0v) is 19.2. The molecule has 0 amide bonds. The van der Waals surface area contributed by atoms with Gasteiger partial charge < -0.3 is 20.3 Å². The van der Waals surface area contributed by atoms with Crippen LogP contribution in [0.1, 0.15) is 58.9 Å². The fourth-order valence-corrected chi connectivity index (χ4v) is 4.63. The highest BCUT2D eigenvalue weighted by molar-refractivity contribution is 7.46. The van der Waals surface area contributed by atoms with E-state index in [1.165, 1.54) is 12.8 Å². The summed E-state index contributed by atoms with van der Waals surface area (Å²) >= 11 is 0. The quantitative estimate of drug-likeness (QED) is 0.545. The molecule has 1 aliphatic carbocycles. The first-order valence-electron chi connectivity index (χ1n) is 10.5. The maximum atomic E-state index is 11.0. The number of benzene rings is 2. The highest BCUT2D eigenvalue weighted by atomic mass is 31.2. The van der Waals surface area contributed by atoms with Crippen LogP contribution in [0.25, 0.3) is 10.8 Å². The molecule has 2 aromatic carbocycles. The van der Waals surface area contributed by atoms with Crippen LogP contribution in [0.5, 0.6) is 5.75 Å². The molecule has 1 atom stereocenters. The summed E-state index contributed by atoms with van der Waals surface area (Å²) in [7, 11) is -4.57. The third-order valence-corrected chi connectivity index (χ3v) is 6.67. The van der Waals surface area contributed by atoms with E-state index in [0.717, 1.165) is 40.8 Å². The highest BCUT2D eigenvalue weighted by Gasteiger charge is 2.30. The van der Waals surface area contributed by atoms with Gasteiger partial charge in [0, 0.05) is 0 Å². The van der Waals surface area contributed by atoms with Crippen LogP contribution in [-0.4, -0.2) is 22.5 Å². The Morgan fingerprint density at radius 3 is 2.20 bits per heavy atom. The molecule has 0 radical (unpaired) electrons. The lowest BCUT2D eigenvalue weighted by molar-refractivity contribution is 0.0883. The fourth-order valence-electron chi connectivity index (χ4n) is 4.19. The van der Waals surface area contributed by atoms with Crippen LogP contribution in [0.3, 0.4) is 0 Å². The predicted molar refractivity (Wildman–Crippen MR) is 119 cm³/mol. The van der Waals surface area contributed by atoms with Gasteiger partial charge in [0.25, 0.3) is 0 Å². The van der Waals surface area contributed by atoms with E-state index >= 15 is 0 Å². The summed E-state index contributed by atoms with van der Waals surface area (Å²) < 4.78 is 21.9. The van der Waals surface area contributed by atoms with Gasteiger partial charge in [-0.1, -0.05) is 39.0 Å². The predicted octanol–water partition coefficient (Wildman–Crippen LogP) is 5.11. The molecule has 3 rings (SSSR count). The molecule has 0 aromatic heterocycles. The molecule has 1 fully saturated rings. The second-order valence-corrected chi connectivity index (χ2v) is 11.1. The van der Waals surface area contributed by atoms with E-state index in [1.54, 1.807) is 6.92 Å². The van der Waals surface area contributed by atoms with Gasteiger partial charge in [0.15, 0.2) is 0 Å². The maximum Gasteiger partial charge on any atom is 0.469 e. The summed E-state index contributed by atoms with van der Waals surface area (Å²) in [5, 5.41) is 2.02. The van der Waals surface area contributed by atoms with Gasteiger partial charge in [0.2, 0.25) is 0 Å². The molecule has 1 saturated carbocycles. The van der Waals surface area contributed by atoms with Crippen molar-refractivity contribution >= 4 is 18.6 Å². The van der Waals surface area contributed by atoms with Crippen LogP contribution in [-0.2, 0) is 14.6 Å². The van der Waals surface area contributed by atoms with Gasteiger partial charge >= 0.3 is 7.82 Å². The molecule has 166 valence electrons. The smallest absolute Gasteiger partial charge is 0.469 e. The molecule has 0 saturated heterocycles. The Bertz CT molecular complexity index is 923. The van der Waals surface area contributed by atoms with Gasteiger partial charge in [0.05, 0.1) is 18.2 Å². The van der Waals surface area contributed by atoms with E-state index < -0.39 is 13.4 Å². The largest absolute Gasteiger partial charge is 0.490 e. The van der Waals surface area contributed by atoms with Crippen molar-refractivity contribution in [3.8, 4) is 5.75 Å². The Labute approximate surface area is 179 Å². The van der Waals surface area contributed by atoms with E-state index in [1.807, 2.05) is 36.4 Å². The second kappa shape index (κ2) is 8.60. The molecule has 0 spiro atoms. The molecule has 1 aliphatic rings. The molecule has 4 N–H and O–H groups in total. The van der Waals surface area contributed by atoms with Gasteiger partial charge in [-0.15, -0.1) is 0 Å². The molecule has 0 bridgehead atoms. The molecule has 7 heteroatoms. The third kappa shape index (κ3) is 6.05. The van der Waals surface area contributed by atoms with Crippen LogP contribution in [0.15, 0.2) is 36.4 Å². The van der Waals surface area contributed by atoms with Crippen molar-refractivity contribution in [1.82, 2.24) is 0 Å². The van der Waals surface area contributed by atoms with Crippen LogP contribution in [0.2, 0.25) is 0 Å². The van der Waals surface area contributed by atoms with Gasteiger partial charge in [-0.25, -0.2) is 4.57 Å². The SMILES string of the molecule is CC(C)(C)[C@H]1CC[C@H](Oc2ccc3cc([C@@](C)(N)COP(=O)(O)O)ccc3c2)CC1. The fraction of sp³-hybridized carbons (Fsp3) is 0.565. The standard InChI is InChI=1S/C23H34NO5P/c1-22(2,3)18-8-11-20(12-9-18)29-21-10-6-16-13-19(7-5-17(16)14-21)23(4,24)15-28-30(25,26)27/h5-7,10,13-14,18,20H,8-9,11-12,15,24H2,1-4H3,(H2,25,26,27)/t18-,20-,23-/m0/s1. The van der Waals surface area contributed by atoms with Crippen molar-refractivity contribution in [2.75, 3.05) is 6.61 Å². The molecular formula is C23H34NO5P. The molecule has 30 heavy (non-hydrogen) atoms. The van der Waals surface area contributed by atoms with E-state index in [4.69, 9.17) is 20.3 Å². The molecule has 0 unspecified atom stereocenters. The second-order valence-electron chi connectivity index (χ2n) is 9.86. The minimum Gasteiger partial charge on any atom is -0.490 e. The number of hydrogen-bond acceptors (Lipinski definition) is 4. The summed E-state index contributed by atoms with van der Waals surface area (Å²) in [5.74, 6) is 1.63. The normalized spacial score (nSPS) is 22.6. The van der Waals surface area contributed by atoms with Gasteiger partial charge in [0.1, 0.15) is 5.75 Å². The van der Waals surface area contributed by atoms with E-state index in [0.29, 0.717) is 5.41 Å². The van der Waals surface area contributed by atoms with E-state index in [-0.39, 0.29) is 12.7 Å². The number of phosphoric acid groups is 1. The summed E-state index contributed by atoms with van der Waals surface area (Å²) in [6.07, 6.45) is 4.85. The monoisotopic (exact) mass is 435 g/mol. The number of ether oxygens (including phenoxy) is 1. The first-order chi connectivity index (χ1) is 13.8. The average Bonchev–Trinajstić information content (AvgIpc) is 2.65. The Kier molecular flexibility index (Phi) is 6.66. The Morgan fingerprint density at radius 2 is 1.60 bits per heavy atom. The summed E-state index contributed by atoms with van der Waals surface area (Å²) in [6.45, 7) is 8.37. The minimum atomic E-state index is -4.57. The Morgan fingerprint density at radius 1 is 1.00 bits per heavy atom. The van der Waals surface area contributed by atoms with Crippen molar-refractivity contribution in [2.45, 2.75) is 65.0 Å². The lowest BCUT2D eigenvalue weighted by Crippen LogP contribution is -2.37. The topological polar surface area (TPSA) is 102 Å². The van der Waals surface area contributed by atoms with Crippen molar-refractivity contribution in [1.29, 1.82) is 0 Å². The van der Waals surface area contributed by atoms with Gasteiger partial charge in [-0.05, 0) is 78.5 Å². The first kappa shape index (κ1) is 23.2. The molecule has 0 heterocycles. The van der Waals surface area contributed by atoms with Crippen LogP contribution < -0.4 is 10.5 Å². The number of nitrogens with two attached hydrogens (primary N) is 1. The van der Waals surface area contributed by atoms with Crippen LogP contribution >= 0.6 is 7.82 Å². The number of fused-ring (bicyclic) bond motifs is 1. The molecular weight excluding hydrogens is 401 g/mol. The zero-order chi connectivity index (χ0) is 22.2. The minimum absolute atomic E-state index is 0.262. The lowest BCUT2D eigenvalue weighted by Gasteiger charge is -2.37. The van der Waals surface area contributed by atoms with E-state index in [9.17, 15) is 4.57 Å². The van der Waals surface area contributed by atoms with E-state index in [2.05, 4.69) is 25.3 Å².